The van der Waals surface area contributed by atoms with Crippen LogP contribution in [0, 0.1) is 5.92 Å². The van der Waals surface area contributed by atoms with Gasteiger partial charge in [0.1, 0.15) is 10.4 Å². The van der Waals surface area contributed by atoms with Crippen LogP contribution >= 0.6 is 0 Å². The molecule has 9 heteroatoms. The topological polar surface area (TPSA) is 105 Å². The van der Waals surface area contributed by atoms with E-state index in [1.165, 1.54) is 10.4 Å². The number of nitrogens with zero attached hydrogens (tertiary/aromatic N) is 3. The Balaban J connectivity index is 1.50. The highest BCUT2D eigenvalue weighted by Crippen LogP contribution is 2.28. The van der Waals surface area contributed by atoms with Crippen molar-refractivity contribution in [3.05, 3.63) is 54.1 Å². The van der Waals surface area contributed by atoms with Gasteiger partial charge < -0.3 is 5.32 Å². The Morgan fingerprint density at radius 3 is 2.76 bits per heavy atom. The van der Waals surface area contributed by atoms with Crippen molar-refractivity contribution >= 4 is 27.0 Å². The van der Waals surface area contributed by atoms with Crippen molar-refractivity contribution in [2.45, 2.75) is 30.7 Å². The number of aromatic nitrogens is 2. The summed E-state index contributed by atoms with van der Waals surface area (Å²) in [6.07, 6.45) is 1.26. The Kier molecular flexibility index (Phi) is 5.33. The Morgan fingerprint density at radius 2 is 1.97 bits per heavy atom. The van der Waals surface area contributed by atoms with E-state index in [0.29, 0.717) is 24.9 Å². The van der Waals surface area contributed by atoms with E-state index in [-0.39, 0.29) is 28.9 Å². The Bertz CT molecular complexity index is 1110. The number of sulfonamides is 1. The number of piperidine rings is 1. The summed E-state index contributed by atoms with van der Waals surface area (Å²) >= 11 is 0. The van der Waals surface area contributed by atoms with Crippen molar-refractivity contribution in [2.75, 3.05) is 13.1 Å². The van der Waals surface area contributed by atoms with Gasteiger partial charge in [-0.2, -0.15) is 4.31 Å². The summed E-state index contributed by atoms with van der Waals surface area (Å²) in [4.78, 5) is 12.8. The fourth-order valence-corrected chi connectivity index (χ4v) is 5.32. The second-order valence-corrected chi connectivity index (χ2v) is 9.14. The molecule has 3 aromatic rings. The molecule has 1 aliphatic rings. The number of amides is 1. The third-order valence-corrected chi connectivity index (χ3v) is 7.18. The van der Waals surface area contributed by atoms with E-state index >= 15 is 0 Å². The molecular formula is C20H22N4O4S. The first-order valence-electron chi connectivity index (χ1n) is 9.53. The average Bonchev–Trinajstić information content (AvgIpc) is 3.23. The lowest BCUT2D eigenvalue weighted by atomic mass is 9.98. The van der Waals surface area contributed by atoms with E-state index in [4.69, 9.17) is 0 Å². The quantitative estimate of drug-likeness (QED) is 0.688. The minimum absolute atomic E-state index is 0.0509. The fraction of sp³-hybridized carbons (Fsp3) is 0.350. The number of rotatable bonds is 5. The lowest BCUT2D eigenvalue weighted by Gasteiger charge is -2.31. The maximum Gasteiger partial charge on any atom is 0.245 e. The predicted molar refractivity (Wildman–Crippen MR) is 106 cm³/mol. The predicted octanol–water partition coefficient (Wildman–Crippen LogP) is 2.50. The highest BCUT2D eigenvalue weighted by molar-refractivity contribution is 7.89. The van der Waals surface area contributed by atoms with Crippen molar-refractivity contribution < 1.29 is 17.8 Å². The monoisotopic (exact) mass is 414 g/mol. The molecular weight excluding hydrogens is 392 g/mol. The van der Waals surface area contributed by atoms with Crippen molar-refractivity contribution in [1.82, 2.24) is 19.9 Å². The summed E-state index contributed by atoms with van der Waals surface area (Å²) < 4.78 is 32.4. The summed E-state index contributed by atoms with van der Waals surface area (Å²) in [6.45, 7) is 2.42. The molecule has 2 heterocycles. The van der Waals surface area contributed by atoms with Gasteiger partial charge in [-0.05, 0) is 47.8 Å². The molecule has 1 aliphatic heterocycles. The number of carbonyl (C=O) groups is 1. The molecule has 4 rings (SSSR count). The summed E-state index contributed by atoms with van der Waals surface area (Å²) in [5.74, 6) is -0.540. The van der Waals surface area contributed by atoms with Crippen LogP contribution in [0.4, 0.5) is 0 Å². The summed E-state index contributed by atoms with van der Waals surface area (Å²) in [7, 11) is -3.81. The van der Waals surface area contributed by atoms with Gasteiger partial charge in [0.15, 0.2) is 5.52 Å². The normalized spacial score (nSPS) is 19.1. The van der Waals surface area contributed by atoms with Gasteiger partial charge in [0.2, 0.25) is 15.9 Å². The molecule has 0 aliphatic carbocycles. The van der Waals surface area contributed by atoms with Gasteiger partial charge in [-0.3, -0.25) is 4.79 Å². The number of benzene rings is 2. The highest BCUT2D eigenvalue weighted by Gasteiger charge is 2.35. The van der Waals surface area contributed by atoms with E-state index in [1.54, 1.807) is 12.1 Å². The van der Waals surface area contributed by atoms with Crippen LogP contribution in [0.3, 0.4) is 0 Å². The largest absolute Gasteiger partial charge is 0.349 e. The van der Waals surface area contributed by atoms with Gasteiger partial charge in [0, 0.05) is 13.1 Å². The van der Waals surface area contributed by atoms with Gasteiger partial charge in [0.25, 0.3) is 0 Å². The smallest absolute Gasteiger partial charge is 0.245 e. The fourth-order valence-electron chi connectivity index (χ4n) is 3.66. The van der Waals surface area contributed by atoms with E-state index in [2.05, 4.69) is 20.3 Å². The van der Waals surface area contributed by atoms with Crippen LogP contribution in [0.5, 0.6) is 0 Å². The van der Waals surface area contributed by atoms with Crippen molar-refractivity contribution in [3.8, 4) is 0 Å². The maximum atomic E-state index is 13.2. The van der Waals surface area contributed by atoms with Crippen LogP contribution in [0.1, 0.15) is 31.4 Å². The molecule has 0 radical (unpaired) electrons. The summed E-state index contributed by atoms with van der Waals surface area (Å²) in [6, 6.07) is 14.3. The Hall–Kier alpha value is -2.78. The molecule has 8 nitrogen and oxygen atoms in total. The molecule has 1 N–H and O–H groups in total. The molecule has 1 aromatic heterocycles. The molecule has 1 amide bonds. The van der Waals surface area contributed by atoms with Crippen LogP contribution in [-0.4, -0.2) is 42.0 Å². The van der Waals surface area contributed by atoms with E-state index in [0.717, 1.165) is 5.56 Å². The average molecular weight is 414 g/mol. The number of hydrogen-bond acceptors (Lipinski definition) is 6. The Morgan fingerprint density at radius 1 is 1.17 bits per heavy atom. The molecule has 1 fully saturated rings. The molecule has 0 bridgehead atoms. The molecule has 29 heavy (non-hydrogen) atoms. The van der Waals surface area contributed by atoms with Crippen molar-refractivity contribution in [3.63, 3.8) is 0 Å². The first-order chi connectivity index (χ1) is 14.0. The van der Waals surface area contributed by atoms with Gasteiger partial charge >= 0.3 is 0 Å². The SMILES string of the molecule is C[C@@H](NC(=O)[C@H]1CCCN(S(=O)(=O)c2cccc3nonc23)C1)c1ccccc1. The second-order valence-electron chi connectivity index (χ2n) is 7.23. The van der Waals surface area contributed by atoms with E-state index < -0.39 is 15.9 Å². The van der Waals surface area contributed by atoms with Crippen molar-refractivity contribution in [1.29, 1.82) is 0 Å². The van der Waals surface area contributed by atoms with Gasteiger partial charge in [-0.25, -0.2) is 13.0 Å². The first kappa shape index (κ1) is 19.5. The van der Waals surface area contributed by atoms with Crippen LogP contribution < -0.4 is 5.32 Å². The third kappa shape index (κ3) is 3.88. The highest BCUT2D eigenvalue weighted by atomic mass is 32.2. The van der Waals surface area contributed by atoms with Crippen LogP contribution in [0.15, 0.2) is 58.1 Å². The maximum absolute atomic E-state index is 13.2. The van der Waals surface area contributed by atoms with Gasteiger partial charge in [-0.1, -0.05) is 36.4 Å². The molecule has 0 saturated carbocycles. The third-order valence-electron chi connectivity index (χ3n) is 5.28. The number of hydrogen-bond donors (Lipinski definition) is 1. The molecule has 152 valence electrons. The first-order valence-corrected chi connectivity index (χ1v) is 11.0. The Labute approximate surface area is 168 Å². The molecule has 0 spiro atoms. The van der Waals surface area contributed by atoms with Crippen LogP contribution in [-0.2, 0) is 14.8 Å². The standard InChI is InChI=1S/C20H22N4O4S/c1-14(15-7-3-2-4-8-15)21-20(25)16-9-6-12-24(13-16)29(26,27)18-11-5-10-17-19(18)23-28-22-17/h2-5,7-8,10-11,14,16H,6,9,12-13H2,1H3,(H,21,25)/t14-,16+/m1/s1. The lowest BCUT2D eigenvalue weighted by Crippen LogP contribution is -2.45. The molecule has 0 unspecified atom stereocenters. The molecule has 1 saturated heterocycles. The van der Waals surface area contributed by atoms with Crippen molar-refractivity contribution in [2.24, 2.45) is 5.92 Å². The van der Waals surface area contributed by atoms with Crippen LogP contribution in [0.25, 0.3) is 11.0 Å². The van der Waals surface area contributed by atoms with E-state index in [9.17, 15) is 13.2 Å². The lowest BCUT2D eigenvalue weighted by molar-refractivity contribution is -0.126. The molecule has 2 aromatic carbocycles. The zero-order valence-electron chi connectivity index (χ0n) is 16.0. The summed E-state index contributed by atoms with van der Waals surface area (Å²) in [5.41, 5.74) is 1.59. The van der Waals surface area contributed by atoms with Gasteiger partial charge in [-0.15, -0.1) is 0 Å². The summed E-state index contributed by atoms with van der Waals surface area (Å²) in [5, 5.41) is 10.5. The zero-order valence-corrected chi connectivity index (χ0v) is 16.8. The minimum atomic E-state index is -3.81. The number of nitrogens with one attached hydrogen (secondary N) is 1. The molecule has 2 atom stereocenters. The van der Waals surface area contributed by atoms with Crippen LogP contribution in [0.2, 0.25) is 0 Å². The minimum Gasteiger partial charge on any atom is -0.349 e. The number of fused-ring (bicyclic) bond motifs is 1. The zero-order chi connectivity index (χ0) is 20.4. The second kappa shape index (κ2) is 7.92. The van der Waals surface area contributed by atoms with E-state index in [1.807, 2.05) is 37.3 Å². The van der Waals surface area contributed by atoms with Gasteiger partial charge in [0.05, 0.1) is 12.0 Å². The number of carbonyl (C=O) groups excluding carboxylic acids is 1.